The zero-order chi connectivity index (χ0) is 21.9. The Labute approximate surface area is 175 Å². The van der Waals surface area contributed by atoms with Gasteiger partial charge in [0, 0.05) is 38.0 Å². The Kier molecular flexibility index (Phi) is 9.43. The molecule has 0 aromatic heterocycles. The van der Waals surface area contributed by atoms with Gasteiger partial charge >= 0.3 is 11.9 Å². The molecule has 4 atom stereocenters. The molecule has 162 valence electrons. The number of aliphatic carboxylic acids is 2. The van der Waals surface area contributed by atoms with E-state index >= 15 is 0 Å². The Hall–Kier alpha value is -2.78. The number of aliphatic hydroxyl groups excluding tert-OH is 2. The SMILES string of the molecule is O=C(O)C(=O)O.O[C@@H]1CNC[C@@H]1c1ccccc1.O[C@@H]1CNC[C@@H]1c1ccccc1. The maximum Gasteiger partial charge on any atom is 0.414 e. The van der Waals surface area contributed by atoms with Gasteiger partial charge in [0.05, 0.1) is 12.2 Å². The number of carboxylic acid groups (broad SMARTS) is 2. The number of hydrogen-bond donors (Lipinski definition) is 6. The monoisotopic (exact) mass is 416 g/mol. The van der Waals surface area contributed by atoms with Gasteiger partial charge in [-0.05, 0) is 11.1 Å². The largest absolute Gasteiger partial charge is 0.473 e. The number of rotatable bonds is 2. The van der Waals surface area contributed by atoms with Crippen LogP contribution in [0.15, 0.2) is 60.7 Å². The van der Waals surface area contributed by atoms with Gasteiger partial charge in [0.15, 0.2) is 0 Å². The summed E-state index contributed by atoms with van der Waals surface area (Å²) in [6.45, 7) is 3.23. The number of aliphatic hydroxyl groups is 2. The highest BCUT2D eigenvalue weighted by Gasteiger charge is 2.26. The van der Waals surface area contributed by atoms with Crippen molar-refractivity contribution in [3.8, 4) is 0 Å². The topological polar surface area (TPSA) is 139 Å². The molecule has 0 saturated carbocycles. The Morgan fingerprint density at radius 1 is 0.633 bits per heavy atom. The first-order valence-electron chi connectivity index (χ1n) is 9.73. The van der Waals surface area contributed by atoms with Crippen molar-refractivity contribution in [3.63, 3.8) is 0 Å². The summed E-state index contributed by atoms with van der Waals surface area (Å²) < 4.78 is 0. The third kappa shape index (κ3) is 7.23. The predicted octanol–water partition coefficient (Wildman–Crippen LogP) is 0.624. The summed E-state index contributed by atoms with van der Waals surface area (Å²) >= 11 is 0. The van der Waals surface area contributed by atoms with Crippen LogP contribution in [0.25, 0.3) is 0 Å². The quantitative estimate of drug-likeness (QED) is 0.392. The van der Waals surface area contributed by atoms with Crippen LogP contribution in [0.1, 0.15) is 23.0 Å². The smallest absolute Gasteiger partial charge is 0.414 e. The standard InChI is InChI=1S/2C10H13NO.C2H2O4/c2*12-10-7-11-6-9(10)8-4-2-1-3-5-8;3-1(4)2(5)6/h2*1-5,9-12H,6-7H2;(H,3,4)(H,5,6)/t2*9-,10-;/m11./s1. The third-order valence-electron chi connectivity index (χ3n) is 5.00. The van der Waals surface area contributed by atoms with Crippen molar-refractivity contribution in [2.24, 2.45) is 0 Å². The Morgan fingerprint density at radius 3 is 1.20 bits per heavy atom. The molecule has 2 heterocycles. The molecule has 2 aromatic rings. The van der Waals surface area contributed by atoms with E-state index in [9.17, 15) is 10.2 Å². The van der Waals surface area contributed by atoms with E-state index in [2.05, 4.69) is 34.9 Å². The number of carbonyl (C=O) groups is 2. The van der Waals surface area contributed by atoms with Gasteiger partial charge < -0.3 is 31.1 Å². The summed E-state index contributed by atoms with van der Waals surface area (Å²) in [6.07, 6.45) is -0.431. The molecule has 8 heteroatoms. The van der Waals surface area contributed by atoms with E-state index in [1.165, 1.54) is 11.1 Å². The Balaban J connectivity index is 0.000000171. The summed E-state index contributed by atoms with van der Waals surface area (Å²) in [5.74, 6) is -3.08. The first-order chi connectivity index (χ1) is 14.4. The molecule has 0 radical (unpaired) electrons. The van der Waals surface area contributed by atoms with E-state index in [-0.39, 0.29) is 24.0 Å². The van der Waals surface area contributed by atoms with Crippen LogP contribution in [0.3, 0.4) is 0 Å². The van der Waals surface area contributed by atoms with E-state index in [1.807, 2.05) is 36.4 Å². The second-order valence-electron chi connectivity index (χ2n) is 7.10. The molecule has 2 aliphatic heterocycles. The second-order valence-corrected chi connectivity index (χ2v) is 7.10. The third-order valence-corrected chi connectivity index (χ3v) is 5.00. The molecule has 2 aliphatic rings. The highest BCUT2D eigenvalue weighted by molar-refractivity contribution is 6.27. The molecule has 2 aromatic carbocycles. The Bertz CT molecular complexity index is 719. The molecule has 0 bridgehead atoms. The van der Waals surface area contributed by atoms with Crippen LogP contribution in [0.2, 0.25) is 0 Å². The van der Waals surface area contributed by atoms with Crippen LogP contribution in [0.5, 0.6) is 0 Å². The average molecular weight is 416 g/mol. The van der Waals surface area contributed by atoms with Crippen LogP contribution < -0.4 is 10.6 Å². The molecule has 8 nitrogen and oxygen atoms in total. The normalized spacial score (nSPS) is 24.7. The molecule has 0 aliphatic carbocycles. The highest BCUT2D eigenvalue weighted by atomic mass is 16.4. The molecular weight excluding hydrogens is 388 g/mol. The van der Waals surface area contributed by atoms with Crippen LogP contribution >= 0.6 is 0 Å². The number of hydrogen-bond acceptors (Lipinski definition) is 6. The molecule has 0 spiro atoms. The van der Waals surface area contributed by atoms with E-state index in [1.54, 1.807) is 0 Å². The van der Waals surface area contributed by atoms with Crippen molar-refractivity contribution in [2.45, 2.75) is 24.0 Å². The maximum absolute atomic E-state index is 9.58. The lowest BCUT2D eigenvalue weighted by Crippen LogP contribution is -2.15. The van der Waals surface area contributed by atoms with Gasteiger partial charge in [-0.25, -0.2) is 9.59 Å². The molecule has 0 unspecified atom stereocenters. The van der Waals surface area contributed by atoms with Gasteiger partial charge in [-0.1, -0.05) is 60.7 Å². The van der Waals surface area contributed by atoms with Crippen LogP contribution in [-0.4, -0.2) is 70.8 Å². The van der Waals surface area contributed by atoms with Gasteiger partial charge in [0.2, 0.25) is 0 Å². The van der Waals surface area contributed by atoms with E-state index in [4.69, 9.17) is 19.8 Å². The van der Waals surface area contributed by atoms with Crippen molar-refractivity contribution < 1.29 is 30.0 Å². The number of nitrogens with one attached hydrogen (secondary N) is 2. The highest BCUT2D eigenvalue weighted by Crippen LogP contribution is 2.22. The minimum atomic E-state index is -1.82. The fourth-order valence-electron chi connectivity index (χ4n) is 3.41. The van der Waals surface area contributed by atoms with Crippen molar-refractivity contribution in [2.75, 3.05) is 26.2 Å². The fraction of sp³-hybridized carbons (Fsp3) is 0.364. The zero-order valence-corrected chi connectivity index (χ0v) is 16.5. The lowest BCUT2D eigenvalue weighted by Gasteiger charge is -2.12. The summed E-state index contributed by atoms with van der Waals surface area (Å²) in [4.78, 5) is 18.2. The molecule has 6 N–H and O–H groups in total. The average Bonchev–Trinajstić information content (AvgIpc) is 3.38. The van der Waals surface area contributed by atoms with Gasteiger partial charge in [0.25, 0.3) is 0 Å². The summed E-state index contributed by atoms with van der Waals surface area (Å²) in [5, 5.41) is 40.3. The molecule has 2 saturated heterocycles. The summed E-state index contributed by atoms with van der Waals surface area (Å²) in [5.41, 5.74) is 2.46. The minimum Gasteiger partial charge on any atom is -0.473 e. The van der Waals surface area contributed by atoms with E-state index < -0.39 is 11.9 Å². The second kappa shape index (κ2) is 12.0. The maximum atomic E-state index is 9.58. The molecule has 30 heavy (non-hydrogen) atoms. The zero-order valence-electron chi connectivity index (χ0n) is 16.5. The molecule has 2 fully saturated rings. The molecular formula is C22H28N2O6. The number of benzene rings is 2. The van der Waals surface area contributed by atoms with Gasteiger partial charge in [-0.3, -0.25) is 0 Å². The Morgan fingerprint density at radius 2 is 0.967 bits per heavy atom. The lowest BCUT2D eigenvalue weighted by atomic mass is 9.96. The molecule has 0 amide bonds. The lowest BCUT2D eigenvalue weighted by molar-refractivity contribution is -0.159. The predicted molar refractivity (Wildman–Crippen MR) is 111 cm³/mol. The van der Waals surface area contributed by atoms with E-state index in [0.29, 0.717) is 0 Å². The van der Waals surface area contributed by atoms with Crippen molar-refractivity contribution >= 4 is 11.9 Å². The minimum absolute atomic E-state index is 0.215. The van der Waals surface area contributed by atoms with Crippen LogP contribution in [-0.2, 0) is 9.59 Å². The summed E-state index contributed by atoms with van der Waals surface area (Å²) in [7, 11) is 0. The van der Waals surface area contributed by atoms with Gasteiger partial charge in [-0.15, -0.1) is 0 Å². The van der Waals surface area contributed by atoms with E-state index in [0.717, 1.165) is 26.2 Å². The van der Waals surface area contributed by atoms with Gasteiger partial charge in [0.1, 0.15) is 0 Å². The molecule has 4 rings (SSSR count). The first kappa shape index (κ1) is 23.5. The van der Waals surface area contributed by atoms with Crippen LogP contribution in [0, 0.1) is 0 Å². The summed E-state index contributed by atoms with van der Waals surface area (Å²) in [6, 6.07) is 20.3. The number of carboxylic acids is 2. The van der Waals surface area contributed by atoms with Gasteiger partial charge in [-0.2, -0.15) is 0 Å². The number of β-amino-alcohol motifs (C(OH)–C–C–N with tert-alkyl or cyclic N) is 2. The van der Waals surface area contributed by atoms with Crippen molar-refractivity contribution in [3.05, 3.63) is 71.8 Å². The van der Waals surface area contributed by atoms with Crippen LogP contribution in [0.4, 0.5) is 0 Å². The first-order valence-corrected chi connectivity index (χ1v) is 9.73. The van der Waals surface area contributed by atoms with Crippen molar-refractivity contribution in [1.29, 1.82) is 0 Å². The van der Waals surface area contributed by atoms with Crippen molar-refractivity contribution in [1.82, 2.24) is 10.6 Å². The fourth-order valence-corrected chi connectivity index (χ4v) is 3.41.